The molecule has 11 heavy (non-hydrogen) atoms. The van der Waals surface area contributed by atoms with Gasteiger partial charge in [0.2, 0.25) is 0 Å². The van der Waals surface area contributed by atoms with Crippen molar-refractivity contribution in [2.75, 3.05) is 0 Å². The summed E-state index contributed by atoms with van der Waals surface area (Å²) >= 11 is -1.75. The number of halogens is 4. The molecule has 3 N–H and O–H groups in total. The van der Waals surface area contributed by atoms with Crippen molar-refractivity contribution in [1.29, 1.82) is 0 Å². The molecule has 0 amide bonds. The molecule has 0 spiro atoms. The molecular formula is C4H22Cl4NRuS. The molecule has 0 saturated heterocycles. The summed E-state index contributed by atoms with van der Waals surface area (Å²) in [5.41, 5.74) is 0. The molecule has 0 atom stereocenters. The summed E-state index contributed by atoms with van der Waals surface area (Å²) in [6.07, 6.45) is 0. The average Bonchev–Trinajstić information content (AvgIpc) is 0.811. The van der Waals surface area contributed by atoms with Gasteiger partial charge < -0.3 is 6.15 Å². The molecule has 0 aliphatic carbocycles. The zero-order chi connectivity index (χ0) is 3.58. The Morgan fingerprint density at radius 3 is 0.727 bits per heavy atom. The van der Waals surface area contributed by atoms with Gasteiger partial charge in [-0.25, -0.2) is 0 Å². The van der Waals surface area contributed by atoms with E-state index in [0.29, 0.717) is 0 Å². The Hall–Kier alpha value is 2.09. The summed E-state index contributed by atoms with van der Waals surface area (Å²) in [7, 11) is 14.8. The number of hydrogen-bond donors (Lipinski definition) is 1. The Balaban J connectivity index is -0.00000000214. The standard InChI is InChI=1S/4CH4.4ClH.H3N.Ru.H2S/h4*1H4;4*1H;1H3;;1H2/q;;;;;;;;;+3;/p-3. The third kappa shape index (κ3) is 281. The first kappa shape index (κ1) is 73.8. The van der Waals surface area contributed by atoms with Crippen molar-refractivity contribution in [2.24, 2.45) is 0 Å². The van der Waals surface area contributed by atoms with E-state index >= 15 is 0 Å². The molecule has 0 fully saturated rings. The Labute approximate surface area is 103 Å². The van der Waals surface area contributed by atoms with E-state index in [0.717, 1.165) is 0 Å². The van der Waals surface area contributed by atoms with Crippen LogP contribution < -0.4 is 6.15 Å². The van der Waals surface area contributed by atoms with Crippen molar-refractivity contribution in [2.45, 2.75) is 29.7 Å². The molecule has 0 aliphatic heterocycles. The van der Waals surface area contributed by atoms with Crippen LogP contribution in [0.4, 0.5) is 0 Å². The van der Waals surface area contributed by atoms with Crippen LogP contribution in [0.1, 0.15) is 29.7 Å². The molecule has 1 nitrogen and oxygen atoms in total. The van der Waals surface area contributed by atoms with Gasteiger partial charge in [0.25, 0.3) is 0 Å². The third-order valence-electron chi connectivity index (χ3n) is 0. The van der Waals surface area contributed by atoms with Crippen molar-refractivity contribution in [3.8, 4) is 0 Å². The Morgan fingerprint density at radius 2 is 0.727 bits per heavy atom. The molecule has 85 valence electrons. The van der Waals surface area contributed by atoms with E-state index < -0.39 is 13.0 Å². The molecule has 0 aromatic heterocycles. The van der Waals surface area contributed by atoms with Crippen molar-refractivity contribution in [3.63, 3.8) is 0 Å². The van der Waals surface area contributed by atoms with E-state index in [4.69, 9.17) is 29.1 Å². The van der Waals surface area contributed by atoms with Gasteiger partial charge in [0.1, 0.15) is 0 Å². The van der Waals surface area contributed by atoms with Crippen molar-refractivity contribution in [1.82, 2.24) is 6.15 Å². The predicted octanol–water partition coefficient (Wildman–Crippen LogP) is 5.31. The fraction of sp³-hybridized carbons (Fsp3) is 1.00. The molecule has 0 unspecified atom stereocenters. The van der Waals surface area contributed by atoms with Gasteiger partial charge >= 0.3 is 42.1 Å². The molecule has 7 heteroatoms. The normalized spacial score (nSPS) is 4.09. The minimum atomic E-state index is -1.75. The quantitative estimate of drug-likeness (QED) is 0.585. The van der Waals surface area contributed by atoms with Gasteiger partial charge in [0.05, 0.1) is 0 Å². The second-order valence-electron chi connectivity index (χ2n) is 0.152. The fourth-order valence-corrected chi connectivity index (χ4v) is 0. The van der Waals surface area contributed by atoms with Gasteiger partial charge in [0, 0.05) is 0 Å². The first-order valence-electron chi connectivity index (χ1n) is 0.401. The van der Waals surface area contributed by atoms with E-state index in [2.05, 4.69) is 0 Å². The van der Waals surface area contributed by atoms with Crippen LogP contribution in [0, 0.1) is 0 Å². The van der Waals surface area contributed by atoms with Gasteiger partial charge in [-0.15, -0.1) is 12.4 Å². The monoisotopic (exact) mass is 358 g/mol. The molecular weight excluding hydrogens is 337 g/mol. The minimum absolute atomic E-state index is 0. The summed E-state index contributed by atoms with van der Waals surface area (Å²) < 4.78 is 0. The van der Waals surface area contributed by atoms with Crippen molar-refractivity contribution in [3.05, 3.63) is 0 Å². The van der Waals surface area contributed by atoms with Gasteiger partial charge in [-0.2, -0.15) is 13.5 Å². The van der Waals surface area contributed by atoms with Crippen LogP contribution in [0.2, 0.25) is 0 Å². The maximum absolute atomic E-state index is 4.95. The van der Waals surface area contributed by atoms with E-state index in [1.165, 1.54) is 0 Å². The van der Waals surface area contributed by atoms with Crippen molar-refractivity contribution >= 4 is 55.0 Å². The van der Waals surface area contributed by atoms with Crippen molar-refractivity contribution < 1.29 is 13.0 Å². The molecule has 0 bridgehead atoms. The SMILES string of the molecule is C.C.C.C.Cl.N.S.[Cl][Ru]([Cl])[Cl]. The Morgan fingerprint density at radius 1 is 0.727 bits per heavy atom. The zero-order valence-corrected chi connectivity index (χ0v) is 8.93. The number of hydrogen-bond acceptors (Lipinski definition) is 1. The summed E-state index contributed by atoms with van der Waals surface area (Å²) in [5, 5.41) is 0. The van der Waals surface area contributed by atoms with Crippen LogP contribution in [0.15, 0.2) is 0 Å². The fourth-order valence-electron chi connectivity index (χ4n) is 0. The topological polar surface area (TPSA) is 35.0 Å². The van der Waals surface area contributed by atoms with E-state index in [-0.39, 0.29) is 61.8 Å². The van der Waals surface area contributed by atoms with Crippen LogP contribution in [0.3, 0.4) is 0 Å². The summed E-state index contributed by atoms with van der Waals surface area (Å²) in [5.74, 6) is 0. The Bertz CT molecular complexity index is 26.8. The molecule has 0 aliphatic rings. The summed E-state index contributed by atoms with van der Waals surface area (Å²) in [4.78, 5) is 0. The van der Waals surface area contributed by atoms with Crippen LogP contribution >= 0.6 is 55.0 Å². The third-order valence-corrected chi connectivity index (χ3v) is 0. The molecule has 0 rings (SSSR count). The van der Waals surface area contributed by atoms with Crippen LogP contribution in [-0.2, 0) is 13.0 Å². The number of rotatable bonds is 0. The summed E-state index contributed by atoms with van der Waals surface area (Å²) in [6.45, 7) is 0. The molecule has 0 radical (unpaired) electrons. The second kappa shape index (κ2) is 57.4. The zero-order valence-electron chi connectivity index (χ0n) is 3.10. The molecule has 0 heterocycles. The maximum atomic E-state index is 4.95. The van der Waals surface area contributed by atoms with Gasteiger partial charge in [-0.3, -0.25) is 0 Å². The van der Waals surface area contributed by atoms with Gasteiger partial charge in [-0.1, -0.05) is 29.7 Å². The molecule has 0 aromatic rings. The summed E-state index contributed by atoms with van der Waals surface area (Å²) in [6, 6.07) is 0. The molecule has 0 aromatic carbocycles. The predicted molar refractivity (Wildman–Crippen MR) is 67.1 cm³/mol. The van der Waals surface area contributed by atoms with Gasteiger partial charge in [0.15, 0.2) is 0 Å². The first-order chi connectivity index (χ1) is 1.73. The van der Waals surface area contributed by atoms with Crippen LogP contribution in [0.5, 0.6) is 0 Å². The Kier molecular flexibility index (Phi) is 385. The van der Waals surface area contributed by atoms with Crippen LogP contribution in [0.25, 0.3) is 0 Å². The van der Waals surface area contributed by atoms with Crippen LogP contribution in [-0.4, -0.2) is 0 Å². The van der Waals surface area contributed by atoms with E-state index in [1.54, 1.807) is 0 Å². The first-order valence-corrected chi connectivity index (χ1v) is 7.12. The van der Waals surface area contributed by atoms with E-state index in [1.807, 2.05) is 0 Å². The van der Waals surface area contributed by atoms with E-state index in [9.17, 15) is 0 Å². The van der Waals surface area contributed by atoms with Gasteiger partial charge in [-0.05, 0) is 0 Å². The second-order valence-corrected chi connectivity index (χ2v) is 8.07. The molecule has 0 saturated carbocycles. The average molecular weight is 359 g/mol.